The van der Waals surface area contributed by atoms with Gasteiger partial charge in [0.15, 0.2) is 0 Å². The summed E-state index contributed by atoms with van der Waals surface area (Å²) < 4.78 is 6.46. The average Bonchev–Trinajstić information content (AvgIpc) is 3.44. The van der Waals surface area contributed by atoms with E-state index in [1.807, 2.05) is 6.07 Å². The Kier molecular flexibility index (Phi) is 5.39. The van der Waals surface area contributed by atoms with Gasteiger partial charge in [0.1, 0.15) is 17.1 Å². The number of allylic oxidation sites excluding steroid dienone is 2. The zero-order chi connectivity index (χ0) is 20.8. The normalized spacial score (nSPS) is 24.8. The number of fused-ring (bicyclic) bond motifs is 3. The van der Waals surface area contributed by atoms with Gasteiger partial charge in [-0.1, -0.05) is 31.4 Å². The van der Waals surface area contributed by atoms with Gasteiger partial charge in [-0.25, -0.2) is 0 Å². The summed E-state index contributed by atoms with van der Waals surface area (Å²) in [5.41, 5.74) is 3.27. The molecule has 1 aromatic rings. The van der Waals surface area contributed by atoms with Gasteiger partial charge in [-0.15, -0.1) is 0 Å². The molecule has 0 radical (unpaired) electrons. The third-order valence-corrected chi connectivity index (χ3v) is 6.92. The molecule has 1 aliphatic heterocycles. The summed E-state index contributed by atoms with van der Waals surface area (Å²) in [6, 6.07) is 2.31. The second kappa shape index (κ2) is 7.70. The van der Waals surface area contributed by atoms with Gasteiger partial charge in [0.25, 0.3) is 5.91 Å². The summed E-state index contributed by atoms with van der Waals surface area (Å²) in [5, 5.41) is 14.5. The SMILES string of the molecule is CCCCCc1cc2c(c(O)c1C(=O)NC1CC1)C1C=C(C)CC[C@H]1C(C)(C)O2. The zero-order valence-corrected chi connectivity index (χ0v) is 18.3. The van der Waals surface area contributed by atoms with E-state index in [-0.39, 0.29) is 29.2 Å². The van der Waals surface area contributed by atoms with E-state index in [1.54, 1.807) is 0 Å². The molecule has 0 spiro atoms. The number of hydrogen-bond acceptors (Lipinski definition) is 3. The Morgan fingerprint density at radius 2 is 2.03 bits per heavy atom. The van der Waals surface area contributed by atoms with Crippen molar-refractivity contribution in [3.05, 3.63) is 34.4 Å². The molecule has 4 heteroatoms. The Morgan fingerprint density at radius 1 is 1.28 bits per heavy atom. The fourth-order valence-electron chi connectivity index (χ4n) is 5.11. The second-order valence-corrected chi connectivity index (χ2v) is 9.77. The lowest BCUT2D eigenvalue weighted by Crippen LogP contribution is -2.45. The molecule has 2 aliphatic carbocycles. The molecule has 4 nitrogen and oxygen atoms in total. The van der Waals surface area contributed by atoms with E-state index in [1.165, 1.54) is 5.57 Å². The number of benzene rings is 1. The number of unbranched alkanes of at least 4 members (excludes halogenated alkanes) is 2. The van der Waals surface area contributed by atoms with Crippen LogP contribution in [0.2, 0.25) is 0 Å². The van der Waals surface area contributed by atoms with Crippen LogP contribution in [0.4, 0.5) is 0 Å². The van der Waals surface area contributed by atoms with Crippen LogP contribution in [0.15, 0.2) is 17.7 Å². The molecule has 1 amide bonds. The summed E-state index contributed by atoms with van der Waals surface area (Å²) >= 11 is 0. The van der Waals surface area contributed by atoms with Crippen LogP contribution in [0.5, 0.6) is 11.5 Å². The lowest BCUT2D eigenvalue weighted by Gasteiger charge is -2.46. The molecule has 1 unspecified atom stereocenters. The monoisotopic (exact) mass is 397 g/mol. The van der Waals surface area contributed by atoms with E-state index in [4.69, 9.17) is 4.74 Å². The highest BCUT2D eigenvalue weighted by Crippen LogP contribution is 2.54. The van der Waals surface area contributed by atoms with Gasteiger partial charge in [0.2, 0.25) is 0 Å². The quantitative estimate of drug-likeness (QED) is 0.483. The van der Waals surface area contributed by atoms with E-state index in [9.17, 15) is 9.90 Å². The number of aromatic hydroxyl groups is 1. The van der Waals surface area contributed by atoms with Gasteiger partial charge in [0, 0.05) is 23.4 Å². The molecule has 3 aliphatic rings. The minimum Gasteiger partial charge on any atom is -0.507 e. The van der Waals surface area contributed by atoms with Gasteiger partial charge in [-0.3, -0.25) is 4.79 Å². The van der Waals surface area contributed by atoms with Crippen molar-refractivity contribution < 1.29 is 14.6 Å². The van der Waals surface area contributed by atoms with E-state index in [0.29, 0.717) is 11.5 Å². The van der Waals surface area contributed by atoms with Gasteiger partial charge in [0.05, 0.1) is 5.56 Å². The van der Waals surface area contributed by atoms with Crippen LogP contribution in [0.3, 0.4) is 0 Å². The highest BCUT2D eigenvalue weighted by molar-refractivity contribution is 5.99. The molecule has 29 heavy (non-hydrogen) atoms. The second-order valence-electron chi connectivity index (χ2n) is 9.77. The molecule has 4 rings (SSSR count). The molecule has 1 saturated carbocycles. The van der Waals surface area contributed by atoms with E-state index >= 15 is 0 Å². The van der Waals surface area contributed by atoms with Crippen LogP contribution in [-0.2, 0) is 6.42 Å². The van der Waals surface area contributed by atoms with Gasteiger partial charge in [-0.05, 0) is 70.9 Å². The molecule has 1 fully saturated rings. The lowest BCUT2D eigenvalue weighted by atomic mass is 9.67. The van der Waals surface area contributed by atoms with E-state index in [0.717, 1.165) is 68.2 Å². The summed E-state index contributed by atoms with van der Waals surface area (Å²) in [5.74, 6) is 1.17. The number of nitrogens with one attached hydrogen (secondary N) is 1. The smallest absolute Gasteiger partial charge is 0.255 e. The molecule has 2 atom stereocenters. The number of aryl methyl sites for hydroxylation is 1. The lowest BCUT2D eigenvalue weighted by molar-refractivity contribution is 0.0107. The number of rotatable bonds is 6. The van der Waals surface area contributed by atoms with Gasteiger partial charge in [-0.2, -0.15) is 0 Å². The first kappa shape index (κ1) is 20.3. The summed E-state index contributed by atoms with van der Waals surface area (Å²) in [4.78, 5) is 13.1. The van der Waals surface area contributed by atoms with E-state index < -0.39 is 0 Å². The number of hydrogen-bond donors (Lipinski definition) is 2. The van der Waals surface area contributed by atoms with Crippen LogP contribution in [-0.4, -0.2) is 22.7 Å². The van der Waals surface area contributed by atoms with Crippen LogP contribution < -0.4 is 10.1 Å². The fraction of sp³-hybridized carbons (Fsp3) is 0.640. The molecule has 1 heterocycles. The average molecular weight is 398 g/mol. The maximum Gasteiger partial charge on any atom is 0.255 e. The van der Waals surface area contributed by atoms with Crippen LogP contribution in [0, 0.1) is 5.92 Å². The number of amides is 1. The van der Waals surface area contributed by atoms with Gasteiger partial charge < -0.3 is 15.2 Å². The summed E-state index contributed by atoms with van der Waals surface area (Å²) in [7, 11) is 0. The van der Waals surface area contributed by atoms with Crippen molar-refractivity contribution in [3.8, 4) is 11.5 Å². The minimum absolute atomic E-state index is 0.0969. The van der Waals surface area contributed by atoms with Crippen molar-refractivity contribution in [1.29, 1.82) is 0 Å². The summed E-state index contributed by atoms with van der Waals surface area (Å²) in [6.07, 6.45) is 10.5. The highest BCUT2D eigenvalue weighted by Gasteiger charge is 2.46. The highest BCUT2D eigenvalue weighted by atomic mass is 16.5. The van der Waals surface area contributed by atoms with Crippen molar-refractivity contribution >= 4 is 5.91 Å². The van der Waals surface area contributed by atoms with Crippen LogP contribution >= 0.6 is 0 Å². The maximum atomic E-state index is 13.1. The van der Waals surface area contributed by atoms with Crippen LogP contribution in [0.25, 0.3) is 0 Å². The summed E-state index contributed by atoms with van der Waals surface area (Å²) in [6.45, 7) is 8.65. The van der Waals surface area contributed by atoms with Crippen LogP contribution in [0.1, 0.15) is 100 Å². The number of phenolic OH excluding ortho intramolecular Hbond substituents is 1. The Labute approximate surface area is 174 Å². The Bertz CT molecular complexity index is 835. The van der Waals surface area contributed by atoms with Crippen molar-refractivity contribution in [2.75, 3.05) is 0 Å². The minimum atomic E-state index is -0.292. The Balaban J connectivity index is 1.82. The molecule has 1 aromatic carbocycles. The number of carbonyl (C=O) groups excluding carboxylic acids is 1. The largest absolute Gasteiger partial charge is 0.507 e. The van der Waals surface area contributed by atoms with Crippen molar-refractivity contribution in [1.82, 2.24) is 5.32 Å². The molecule has 0 saturated heterocycles. The third kappa shape index (κ3) is 3.91. The molecular formula is C25H35NO3. The van der Waals surface area contributed by atoms with Crippen molar-refractivity contribution in [2.45, 2.75) is 96.6 Å². The first-order valence-corrected chi connectivity index (χ1v) is 11.4. The molecule has 0 bridgehead atoms. The van der Waals surface area contributed by atoms with Crippen molar-refractivity contribution in [3.63, 3.8) is 0 Å². The standard InChI is InChI=1S/C25H35NO3/c1-5-6-7-8-16-14-20-22(23(27)21(16)24(28)26-17-10-11-17)18-13-15(2)9-12-19(18)25(3,4)29-20/h13-14,17-19,27H,5-12H2,1-4H3,(H,26,28)/t18?,19-/m1/s1. The predicted molar refractivity (Wildman–Crippen MR) is 116 cm³/mol. The topological polar surface area (TPSA) is 58.6 Å². The number of carbonyl (C=O) groups is 1. The molecule has 158 valence electrons. The zero-order valence-electron chi connectivity index (χ0n) is 18.3. The number of phenols is 1. The van der Waals surface area contributed by atoms with Crippen molar-refractivity contribution in [2.24, 2.45) is 5.92 Å². The Morgan fingerprint density at radius 3 is 2.72 bits per heavy atom. The third-order valence-electron chi connectivity index (χ3n) is 6.92. The van der Waals surface area contributed by atoms with E-state index in [2.05, 4.69) is 39.1 Å². The molecule has 0 aromatic heterocycles. The predicted octanol–water partition coefficient (Wildman–Crippen LogP) is 5.63. The maximum absolute atomic E-state index is 13.1. The van der Waals surface area contributed by atoms with Gasteiger partial charge >= 0.3 is 0 Å². The molecular weight excluding hydrogens is 362 g/mol. The fourth-order valence-corrected chi connectivity index (χ4v) is 5.11. The number of ether oxygens (including phenoxy) is 1. The first-order chi connectivity index (χ1) is 13.8. The molecule has 2 N–H and O–H groups in total. The Hall–Kier alpha value is -1.97. The first-order valence-electron chi connectivity index (χ1n) is 11.4.